The fourth-order valence-corrected chi connectivity index (χ4v) is 2.69. The number of aliphatic hydroxyl groups is 1. The van der Waals surface area contributed by atoms with Crippen molar-refractivity contribution < 1.29 is 14.6 Å². The van der Waals surface area contributed by atoms with Gasteiger partial charge in [-0.15, -0.1) is 0 Å². The number of ether oxygens (including phenoxy) is 1. The summed E-state index contributed by atoms with van der Waals surface area (Å²) >= 11 is 0. The molecule has 128 valence electrons. The number of carbonyl (C=O) groups is 1. The monoisotopic (exact) mass is 320 g/mol. The summed E-state index contributed by atoms with van der Waals surface area (Å²) in [6.45, 7) is 9.82. The highest BCUT2D eigenvalue weighted by atomic mass is 16.6. The van der Waals surface area contributed by atoms with Crippen LogP contribution in [0, 0.1) is 0 Å². The smallest absolute Gasteiger partial charge is 0.410 e. The van der Waals surface area contributed by atoms with Crippen molar-refractivity contribution in [2.24, 2.45) is 0 Å². The van der Waals surface area contributed by atoms with Gasteiger partial charge in [-0.3, -0.25) is 4.90 Å². The number of nitrogens with zero attached hydrogens (tertiary/aromatic N) is 2. The summed E-state index contributed by atoms with van der Waals surface area (Å²) in [5, 5.41) is 9.03. The highest BCUT2D eigenvalue weighted by Gasteiger charge is 2.25. The number of hydrogen-bond acceptors (Lipinski definition) is 4. The predicted molar refractivity (Wildman–Crippen MR) is 90.3 cm³/mol. The van der Waals surface area contributed by atoms with Gasteiger partial charge >= 0.3 is 6.09 Å². The largest absolute Gasteiger partial charge is 0.444 e. The molecule has 1 N–H and O–H groups in total. The highest BCUT2D eigenvalue weighted by molar-refractivity contribution is 5.68. The van der Waals surface area contributed by atoms with E-state index < -0.39 is 5.60 Å². The van der Waals surface area contributed by atoms with Crippen LogP contribution in [-0.4, -0.2) is 59.4 Å². The Labute approximate surface area is 138 Å². The predicted octanol–water partition coefficient (Wildman–Crippen LogP) is 2.27. The third-order valence-electron chi connectivity index (χ3n) is 3.82. The zero-order valence-electron chi connectivity index (χ0n) is 14.4. The second-order valence-corrected chi connectivity index (χ2v) is 7.04. The van der Waals surface area contributed by atoms with E-state index in [0.717, 1.165) is 25.2 Å². The SMILES string of the molecule is CC(C)(C)OC(=O)N1CCN(Cc2cccc(CCO)c2)CC1. The van der Waals surface area contributed by atoms with Crippen LogP contribution in [0.25, 0.3) is 0 Å². The van der Waals surface area contributed by atoms with Gasteiger partial charge in [-0.2, -0.15) is 0 Å². The normalized spacial score (nSPS) is 16.4. The molecule has 1 fully saturated rings. The van der Waals surface area contributed by atoms with Gasteiger partial charge in [0.25, 0.3) is 0 Å². The zero-order valence-corrected chi connectivity index (χ0v) is 14.4. The van der Waals surface area contributed by atoms with Gasteiger partial charge in [0.05, 0.1) is 0 Å². The summed E-state index contributed by atoms with van der Waals surface area (Å²) in [6, 6.07) is 8.34. The van der Waals surface area contributed by atoms with Crippen molar-refractivity contribution in [2.75, 3.05) is 32.8 Å². The summed E-state index contributed by atoms with van der Waals surface area (Å²) in [7, 11) is 0. The minimum Gasteiger partial charge on any atom is -0.444 e. The molecule has 2 rings (SSSR count). The van der Waals surface area contributed by atoms with Crippen molar-refractivity contribution in [2.45, 2.75) is 39.3 Å². The van der Waals surface area contributed by atoms with Crippen molar-refractivity contribution in [1.29, 1.82) is 0 Å². The summed E-state index contributed by atoms with van der Waals surface area (Å²) in [4.78, 5) is 16.2. The van der Waals surface area contributed by atoms with Crippen molar-refractivity contribution >= 4 is 6.09 Å². The van der Waals surface area contributed by atoms with Crippen LogP contribution in [0.15, 0.2) is 24.3 Å². The number of carbonyl (C=O) groups excluding carboxylic acids is 1. The number of benzene rings is 1. The number of amides is 1. The highest BCUT2D eigenvalue weighted by Crippen LogP contribution is 2.14. The number of rotatable bonds is 4. The van der Waals surface area contributed by atoms with Crippen LogP contribution in [0.2, 0.25) is 0 Å². The van der Waals surface area contributed by atoms with Crippen LogP contribution in [0.5, 0.6) is 0 Å². The maximum Gasteiger partial charge on any atom is 0.410 e. The molecule has 0 aliphatic carbocycles. The molecule has 0 saturated carbocycles. The molecule has 0 bridgehead atoms. The van der Waals surface area contributed by atoms with Gasteiger partial charge in [-0.1, -0.05) is 24.3 Å². The Morgan fingerprint density at radius 2 is 1.83 bits per heavy atom. The lowest BCUT2D eigenvalue weighted by atomic mass is 10.1. The van der Waals surface area contributed by atoms with E-state index in [-0.39, 0.29) is 12.7 Å². The first kappa shape index (κ1) is 17.8. The topological polar surface area (TPSA) is 53.0 Å². The number of aliphatic hydroxyl groups excluding tert-OH is 1. The second kappa shape index (κ2) is 7.79. The third kappa shape index (κ3) is 5.84. The average Bonchev–Trinajstić information content (AvgIpc) is 2.47. The van der Waals surface area contributed by atoms with Crippen LogP contribution in [0.4, 0.5) is 4.79 Å². The molecule has 1 amide bonds. The lowest BCUT2D eigenvalue weighted by Gasteiger charge is -2.35. The average molecular weight is 320 g/mol. The van der Waals surface area contributed by atoms with E-state index in [0.29, 0.717) is 19.5 Å². The Morgan fingerprint density at radius 3 is 2.43 bits per heavy atom. The summed E-state index contributed by atoms with van der Waals surface area (Å²) in [5.74, 6) is 0. The molecule has 5 heteroatoms. The molecule has 0 spiro atoms. The molecule has 0 aromatic heterocycles. The van der Waals surface area contributed by atoms with E-state index in [1.807, 2.05) is 32.9 Å². The Kier molecular flexibility index (Phi) is 6.02. The molecule has 1 heterocycles. The van der Waals surface area contributed by atoms with Crippen LogP contribution in [0.1, 0.15) is 31.9 Å². The van der Waals surface area contributed by atoms with Gasteiger partial charge in [-0.25, -0.2) is 4.79 Å². The second-order valence-electron chi connectivity index (χ2n) is 7.04. The van der Waals surface area contributed by atoms with E-state index in [2.05, 4.69) is 17.0 Å². The first-order chi connectivity index (χ1) is 10.9. The molecular weight excluding hydrogens is 292 g/mol. The van der Waals surface area contributed by atoms with E-state index >= 15 is 0 Å². The Hall–Kier alpha value is -1.59. The number of piperazine rings is 1. The van der Waals surface area contributed by atoms with E-state index in [9.17, 15) is 4.79 Å². The van der Waals surface area contributed by atoms with Gasteiger partial charge < -0.3 is 14.7 Å². The van der Waals surface area contributed by atoms with Crippen molar-refractivity contribution in [1.82, 2.24) is 9.80 Å². The Balaban J connectivity index is 1.83. The minimum atomic E-state index is -0.443. The minimum absolute atomic E-state index is 0.179. The standard InChI is InChI=1S/C18H28N2O3/c1-18(2,3)23-17(22)20-10-8-19(9-11-20)14-16-6-4-5-15(13-16)7-12-21/h4-6,13,21H,7-12,14H2,1-3H3. The van der Waals surface area contributed by atoms with Gasteiger partial charge in [0, 0.05) is 39.3 Å². The van der Waals surface area contributed by atoms with E-state index in [4.69, 9.17) is 9.84 Å². The van der Waals surface area contributed by atoms with E-state index in [1.165, 1.54) is 5.56 Å². The van der Waals surface area contributed by atoms with Gasteiger partial charge in [0.2, 0.25) is 0 Å². The summed E-state index contributed by atoms with van der Waals surface area (Å²) in [6.07, 6.45) is 0.474. The molecule has 1 aromatic rings. The van der Waals surface area contributed by atoms with Crippen LogP contribution < -0.4 is 0 Å². The van der Waals surface area contributed by atoms with Crippen molar-refractivity contribution in [3.05, 3.63) is 35.4 Å². The first-order valence-electron chi connectivity index (χ1n) is 8.26. The molecule has 1 aliphatic rings. The Morgan fingerprint density at radius 1 is 1.17 bits per heavy atom. The zero-order chi connectivity index (χ0) is 16.9. The van der Waals surface area contributed by atoms with Gasteiger partial charge in [0.1, 0.15) is 5.60 Å². The van der Waals surface area contributed by atoms with Crippen molar-refractivity contribution in [3.63, 3.8) is 0 Å². The summed E-state index contributed by atoms with van der Waals surface area (Å²) < 4.78 is 5.42. The van der Waals surface area contributed by atoms with Crippen LogP contribution in [0.3, 0.4) is 0 Å². The Bertz CT molecular complexity index is 517. The van der Waals surface area contributed by atoms with Crippen molar-refractivity contribution in [3.8, 4) is 0 Å². The molecule has 0 atom stereocenters. The van der Waals surface area contributed by atoms with Crippen LogP contribution >= 0.6 is 0 Å². The molecule has 1 saturated heterocycles. The van der Waals surface area contributed by atoms with Gasteiger partial charge in [-0.05, 0) is 38.3 Å². The maximum absolute atomic E-state index is 12.1. The van der Waals surface area contributed by atoms with Gasteiger partial charge in [0.15, 0.2) is 0 Å². The molecule has 23 heavy (non-hydrogen) atoms. The quantitative estimate of drug-likeness (QED) is 0.925. The third-order valence-corrected chi connectivity index (χ3v) is 3.82. The van der Waals surface area contributed by atoms with Crippen LogP contribution in [-0.2, 0) is 17.7 Å². The molecule has 1 aliphatic heterocycles. The maximum atomic E-state index is 12.1. The van der Waals surface area contributed by atoms with E-state index in [1.54, 1.807) is 4.90 Å². The molecular formula is C18H28N2O3. The molecule has 1 aromatic carbocycles. The lowest BCUT2D eigenvalue weighted by Crippen LogP contribution is -2.49. The molecule has 5 nitrogen and oxygen atoms in total. The summed E-state index contributed by atoms with van der Waals surface area (Å²) in [5.41, 5.74) is 1.97. The first-order valence-corrected chi connectivity index (χ1v) is 8.26. The molecule has 0 unspecified atom stereocenters. The fourth-order valence-electron chi connectivity index (χ4n) is 2.69. The fraction of sp³-hybridized carbons (Fsp3) is 0.611. The number of hydrogen-bond donors (Lipinski definition) is 1. The lowest BCUT2D eigenvalue weighted by molar-refractivity contribution is 0.0139. The molecule has 0 radical (unpaired) electrons.